The molecule has 0 bridgehead atoms. The quantitative estimate of drug-likeness (QED) is 0.689. The lowest BCUT2D eigenvalue weighted by Crippen LogP contribution is -2.28. The van der Waals surface area contributed by atoms with Gasteiger partial charge in [0.05, 0.1) is 17.7 Å². The highest BCUT2D eigenvalue weighted by atomic mass is 35.5. The van der Waals surface area contributed by atoms with Gasteiger partial charge in [0.15, 0.2) is 0 Å². The first-order valence-corrected chi connectivity index (χ1v) is 8.59. The third kappa shape index (κ3) is 5.28. The van der Waals surface area contributed by atoms with E-state index in [1.165, 1.54) is 0 Å². The summed E-state index contributed by atoms with van der Waals surface area (Å²) >= 11 is 5.64. The molecule has 3 N–H and O–H groups in total. The van der Waals surface area contributed by atoms with Crippen molar-refractivity contribution in [1.29, 1.82) is 0 Å². The average Bonchev–Trinajstić information content (AvgIpc) is 2.47. The predicted molar refractivity (Wildman–Crippen MR) is 100 cm³/mol. The number of rotatable bonds is 5. The van der Waals surface area contributed by atoms with Crippen molar-refractivity contribution in [2.24, 2.45) is 0 Å². The molecule has 6 heteroatoms. The first-order valence-electron chi connectivity index (χ1n) is 8.06. The zero-order chi connectivity index (χ0) is 18.7. The molecular weight excluding hydrogens is 328 g/mol. The van der Waals surface area contributed by atoms with Gasteiger partial charge in [0.25, 0.3) is 0 Å². The number of benzene rings is 1. The molecule has 1 amide bonds. The van der Waals surface area contributed by atoms with E-state index in [-0.39, 0.29) is 5.88 Å². The van der Waals surface area contributed by atoms with E-state index < -0.39 is 17.8 Å². The van der Waals surface area contributed by atoms with Gasteiger partial charge in [0, 0.05) is 12.2 Å². The number of halogens is 1. The molecule has 1 aromatic rings. The molecule has 0 heterocycles. The van der Waals surface area contributed by atoms with Gasteiger partial charge in [0.1, 0.15) is 5.60 Å². The van der Waals surface area contributed by atoms with E-state index in [1.807, 2.05) is 48.5 Å². The molecule has 0 radical (unpaired) electrons. The van der Waals surface area contributed by atoms with Crippen LogP contribution in [0.25, 0.3) is 0 Å². The van der Waals surface area contributed by atoms with Crippen molar-refractivity contribution in [1.82, 2.24) is 0 Å². The van der Waals surface area contributed by atoms with Crippen molar-refractivity contribution in [3.8, 4) is 0 Å². The molecule has 0 aliphatic rings. The largest absolute Gasteiger partial charge is 0.444 e. The van der Waals surface area contributed by atoms with Crippen LogP contribution in [0.3, 0.4) is 0 Å². The zero-order valence-electron chi connectivity index (χ0n) is 15.6. The number of alkyl halides is 1. The monoisotopic (exact) mass is 356 g/mol. The number of aliphatic hydroxyl groups excluding tert-OH is 1. The van der Waals surface area contributed by atoms with Gasteiger partial charge < -0.3 is 15.2 Å². The molecule has 0 saturated heterocycles. The van der Waals surface area contributed by atoms with Gasteiger partial charge in [-0.15, -0.1) is 11.6 Å². The third-order valence-electron chi connectivity index (χ3n) is 3.94. The highest BCUT2D eigenvalue weighted by Gasteiger charge is 2.20. The Bertz CT molecular complexity index is 580. The van der Waals surface area contributed by atoms with Crippen molar-refractivity contribution < 1.29 is 14.6 Å². The molecule has 1 atom stereocenters. The lowest BCUT2D eigenvalue weighted by Gasteiger charge is -2.24. The van der Waals surface area contributed by atoms with Gasteiger partial charge >= 0.3 is 6.09 Å². The van der Waals surface area contributed by atoms with Crippen LogP contribution < -0.4 is 10.6 Å². The highest BCUT2D eigenvalue weighted by Crippen LogP contribution is 2.34. The van der Waals surface area contributed by atoms with Gasteiger partial charge in [-0.05, 0) is 70.7 Å². The summed E-state index contributed by atoms with van der Waals surface area (Å²) in [4.78, 5) is 12.1. The zero-order valence-corrected chi connectivity index (χ0v) is 16.4. The van der Waals surface area contributed by atoms with Crippen LogP contribution in [-0.4, -0.2) is 35.3 Å². The number of ether oxygens (including phenoxy) is 1. The fourth-order valence-corrected chi connectivity index (χ4v) is 2.55. The molecule has 24 heavy (non-hydrogen) atoms. The van der Waals surface area contributed by atoms with Crippen LogP contribution in [0.15, 0.2) is 0 Å². The second-order valence-corrected chi connectivity index (χ2v) is 7.37. The summed E-state index contributed by atoms with van der Waals surface area (Å²) in [7, 11) is 0. The number of hydrogen-bond acceptors (Lipinski definition) is 4. The first-order chi connectivity index (χ1) is 11.0. The second-order valence-electron chi connectivity index (χ2n) is 7.07. The Hall–Kier alpha value is -1.46. The fourth-order valence-electron chi connectivity index (χ4n) is 2.45. The van der Waals surface area contributed by atoms with E-state index in [9.17, 15) is 9.90 Å². The summed E-state index contributed by atoms with van der Waals surface area (Å²) in [5.74, 6) is 0.182. The van der Waals surface area contributed by atoms with Crippen molar-refractivity contribution in [2.45, 2.75) is 60.2 Å². The van der Waals surface area contributed by atoms with E-state index in [4.69, 9.17) is 16.3 Å². The summed E-state index contributed by atoms with van der Waals surface area (Å²) in [5, 5.41) is 15.8. The summed E-state index contributed by atoms with van der Waals surface area (Å²) in [6.45, 7) is 13.8. The summed E-state index contributed by atoms with van der Waals surface area (Å²) in [6.07, 6.45) is -1.07. The Balaban J connectivity index is 3.11. The third-order valence-corrected chi connectivity index (χ3v) is 4.30. The Kier molecular flexibility index (Phi) is 6.93. The molecule has 0 aliphatic carbocycles. The van der Waals surface area contributed by atoms with Crippen molar-refractivity contribution in [3.63, 3.8) is 0 Å². The van der Waals surface area contributed by atoms with Crippen LogP contribution in [0.1, 0.15) is 43.0 Å². The Morgan fingerprint density at radius 2 is 1.54 bits per heavy atom. The lowest BCUT2D eigenvalue weighted by atomic mass is 9.95. The molecule has 1 unspecified atom stereocenters. The van der Waals surface area contributed by atoms with Gasteiger partial charge in [-0.25, -0.2) is 4.79 Å². The van der Waals surface area contributed by atoms with Crippen LogP contribution in [0, 0.1) is 27.7 Å². The standard InChI is InChI=1S/C18H29ClN2O3/c1-10-12(3)16(21-17(23)24-18(5,6)7)13(4)11(2)15(10)20-9-14(22)8-19/h14,20,22H,8-9H2,1-7H3,(H,21,23). The Morgan fingerprint density at radius 1 is 1.08 bits per heavy atom. The summed E-state index contributed by atoms with van der Waals surface area (Å²) in [5.41, 5.74) is 5.15. The molecular formula is C18H29ClN2O3. The van der Waals surface area contributed by atoms with Gasteiger partial charge in [-0.3, -0.25) is 5.32 Å². The molecule has 136 valence electrons. The van der Waals surface area contributed by atoms with Crippen LogP contribution in [0.2, 0.25) is 0 Å². The molecule has 1 aromatic carbocycles. The topological polar surface area (TPSA) is 70.6 Å². The molecule has 0 spiro atoms. The summed E-state index contributed by atoms with van der Waals surface area (Å²) in [6, 6.07) is 0. The molecule has 0 saturated carbocycles. The van der Waals surface area contributed by atoms with Gasteiger partial charge in [-0.2, -0.15) is 0 Å². The minimum Gasteiger partial charge on any atom is -0.444 e. The maximum absolute atomic E-state index is 12.1. The molecule has 5 nitrogen and oxygen atoms in total. The lowest BCUT2D eigenvalue weighted by molar-refractivity contribution is 0.0635. The SMILES string of the molecule is Cc1c(C)c(NC(=O)OC(C)(C)C)c(C)c(C)c1NCC(O)CCl. The van der Waals surface area contributed by atoms with Crippen LogP contribution >= 0.6 is 11.6 Å². The fraction of sp³-hybridized carbons (Fsp3) is 0.611. The van der Waals surface area contributed by atoms with Crippen molar-refractivity contribution in [3.05, 3.63) is 22.3 Å². The molecule has 0 aliphatic heterocycles. The molecule has 1 rings (SSSR count). The summed E-state index contributed by atoms with van der Waals surface area (Å²) < 4.78 is 5.34. The smallest absolute Gasteiger partial charge is 0.412 e. The van der Waals surface area contributed by atoms with Crippen LogP contribution in [-0.2, 0) is 4.74 Å². The van der Waals surface area contributed by atoms with Gasteiger partial charge in [0.2, 0.25) is 0 Å². The van der Waals surface area contributed by atoms with Crippen LogP contribution in [0.4, 0.5) is 16.2 Å². The predicted octanol–water partition coefficient (Wildman–Crippen LogP) is 4.28. The number of amides is 1. The normalized spacial score (nSPS) is 12.7. The van der Waals surface area contributed by atoms with E-state index >= 15 is 0 Å². The number of carbonyl (C=O) groups is 1. The minimum atomic E-state index is -0.606. The maximum atomic E-state index is 12.1. The van der Waals surface area contributed by atoms with Crippen molar-refractivity contribution >= 4 is 29.1 Å². The van der Waals surface area contributed by atoms with E-state index in [0.717, 1.165) is 33.6 Å². The molecule has 0 aromatic heterocycles. The van der Waals surface area contributed by atoms with Crippen molar-refractivity contribution in [2.75, 3.05) is 23.1 Å². The maximum Gasteiger partial charge on any atom is 0.412 e. The van der Waals surface area contributed by atoms with E-state index in [2.05, 4.69) is 10.6 Å². The Labute approximate surface area is 149 Å². The first kappa shape index (κ1) is 20.6. The number of hydrogen-bond donors (Lipinski definition) is 3. The minimum absolute atomic E-state index is 0.182. The number of carbonyl (C=O) groups excluding carboxylic acids is 1. The second kappa shape index (κ2) is 8.08. The number of aliphatic hydroxyl groups is 1. The van der Waals surface area contributed by atoms with Crippen LogP contribution in [0.5, 0.6) is 0 Å². The molecule has 0 fully saturated rings. The average molecular weight is 357 g/mol. The highest BCUT2D eigenvalue weighted by molar-refractivity contribution is 6.18. The van der Waals surface area contributed by atoms with Gasteiger partial charge in [-0.1, -0.05) is 0 Å². The van der Waals surface area contributed by atoms with E-state index in [1.54, 1.807) is 0 Å². The number of anilines is 2. The van der Waals surface area contributed by atoms with E-state index in [0.29, 0.717) is 6.54 Å². The Morgan fingerprint density at radius 3 is 1.96 bits per heavy atom. The number of nitrogens with one attached hydrogen (secondary N) is 2.